The summed E-state index contributed by atoms with van der Waals surface area (Å²) >= 11 is 1.29. The fourth-order valence-corrected chi connectivity index (χ4v) is 8.75. The van der Waals surface area contributed by atoms with E-state index in [1.54, 1.807) is 6.07 Å². The van der Waals surface area contributed by atoms with Gasteiger partial charge in [0.2, 0.25) is 5.91 Å². The number of guanidine groups is 1. The first-order chi connectivity index (χ1) is 19.3. The molecular formula is C28H37N5O6S. The van der Waals surface area contributed by atoms with Gasteiger partial charge in [-0.05, 0) is 81.3 Å². The van der Waals surface area contributed by atoms with Gasteiger partial charge < -0.3 is 25.8 Å². The SMILES string of the molecule is O=C(N[C@@H](CNC(=O)c1ccc([C@H]2C[C@H]2C(=O)NC2=NCCCN2)s1)C(=O)O)OCC12CC3CC(CC(C3)C1)C2. The normalized spacial score (nSPS) is 32.3. The predicted octanol–water partition coefficient (Wildman–Crippen LogP) is 2.44. The number of carbonyl (C=O) groups excluding carboxylic acids is 3. The molecular weight excluding hydrogens is 534 g/mol. The van der Waals surface area contributed by atoms with Crippen LogP contribution in [-0.2, 0) is 14.3 Å². The van der Waals surface area contributed by atoms with Crippen LogP contribution in [0, 0.1) is 29.1 Å². The van der Waals surface area contributed by atoms with Crippen molar-refractivity contribution >= 4 is 41.2 Å². The number of hydrogen-bond acceptors (Lipinski definition) is 8. The van der Waals surface area contributed by atoms with Crippen LogP contribution in [0.15, 0.2) is 17.1 Å². The number of carboxylic acid groups (broad SMARTS) is 1. The van der Waals surface area contributed by atoms with E-state index in [1.807, 2.05) is 6.07 Å². The molecule has 3 atom stereocenters. The molecule has 2 heterocycles. The molecule has 0 saturated heterocycles. The van der Waals surface area contributed by atoms with Crippen molar-refractivity contribution in [2.45, 2.75) is 63.3 Å². The summed E-state index contributed by atoms with van der Waals surface area (Å²) in [5.41, 5.74) is 0.0398. The Kier molecular flexibility index (Phi) is 7.45. The van der Waals surface area contributed by atoms with Gasteiger partial charge in [0.05, 0.1) is 11.5 Å². The van der Waals surface area contributed by atoms with Gasteiger partial charge in [-0.1, -0.05) is 0 Å². The maximum absolute atomic E-state index is 12.7. The fraction of sp³-hybridized carbons (Fsp3) is 0.679. The van der Waals surface area contributed by atoms with Gasteiger partial charge in [-0.15, -0.1) is 11.3 Å². The van der Waals surface area contributed by atoms with Crippen LogP contribution in [0.1, 0.15) is 71.8 Å². The Morgan fingerprint density at radius 2 is 1.82 bits per heavy atom. The van der Waals surface area contributed by atoms with Crippen LogP contribution in [0.2, 0.25) is 0 Å². The Hall–Kier alpha value is -3.15. The molecule has 1 aromatic rings. The number of aliphatic carboxylic acids is 1. The summed E-state index contributed by atoms with van der Waals surface area (Å²) in [5.74, 6) is 0.850. The molecule has 0 unspecified atom stereocenters. The second-order valence-electron chi connectivity index (χ2n) is 12.4. The Labute approximate surface area is 236 Å². The summed E-state index contributed by atoms with van der Waals surface area (Å²) in [6.45, 7) is 1.54. The molecule has 40 heavy (non-hydrogen) atoms. The lowest BCUT2D eigenvalue weighted by Crippen LogP contribution is -2.51. The molecule has 5 N–H and O–H groups in total. The number of amides is 3. The molecule has 4 bridgehead atoms. The molecule has 0 radical (unpaired) electrons. The number of carboxylic acids is 1. The average molecular weight is 572 g/mol. The van der Waals surface area contributed by atoms with E-state index in [1.165, 1.54) is 30.6 Å². The van der Waals surface area contributed by atoms with Gasteiger partial charge in [0.25, 0.3) is 5.91 Å². The third kappa shape index (κ3) is 5.96. The lowest BCUT2D eigenvalue weighted by molar-refractivity contribution is -0.139. The molecule has 6 aliphatic rings. The molecule has 5 aliphatic carbocycles. The van der Waals surface area contributed by atoms with Gasteiger partial charge in [-0.3, -0.25) is 19.9 Å². The van der Waals surface area contributed by atoms with Crippen molar-refractivity contribution in [3.63, 3.8) is 0 Å². The van der Waals surface area contributed by atoms with Crippen LogP contribution in [-0.4, -0.2) is 67.2 Å². The fourth-order valence-electron chi connectivity index (χ4n) is 7.65. The number of hydrogen-bond donors (Lipinski definition) is 5. The molecule has 1 aliphatic heterocycles. The van der Waals surface area contributed by atoms with Crippen molar-refractivity contribution in [2.75, 3.05) is 26.2 Å². The molecule has 0 aromatic carbocycles. The predicted molar refractivity (Wildman–Crippen MR) is 147 cm³/mol. The monoisotopic (exact) mass is 571 g/mol. The maximum Gasteiger partial charge on any atom is 0.407 e. The number of ether oxygens (including phenoxy) is 1. The van der Waals surface area contributed by atoms with Gasteiger partial charge in [0.15, 0.2) is 5.96 Å². The minimum absolute atomic E-state index is 0.0398. The number of nitrogens with one attached hydrogen (secondary N) is 4. The van der Waals surface area contributed by atoms with Crippen LogP contribution >= 0.6 is 11.3 Å². The van der Waals surface area contributed by atoms with Crippen molar-refractivity contribution in [2.24, 2.45) is 34.1 Å². The van der Waals surface area contributed by atoms with Crippen molar-refractivity contribution in [1.29, 1.82) is 0 Å². The van der Waals surface area contributed by atoms with E-state index in [2.05, 4.69) is 26.3 Å². The molecule has 216 valence electrons. The Morgan fingerprint density at radius 1 is 1.10 bits per heavy atom. The first kappa shape index (κ1) is 27.0. The van der Waals surface area contributed by atoms with Crippen LogP contribution in [0.3, 0.4) is 0 Å². The smallest absolute Gasteiger partial charge is 0.407 e. The quantitative estimate of drug-likeness (QED) is 0.305. The van der Waals surface area contributed by atoms with Gasteiger partial charge >= 0.3 is 12.1 Å². The number of rotatable bonds is 9. The molecule has 12 heteroatoms. The summed E-state index contributed by atoms with van der Waals surface area (Å²) in [6, 6.07) is 2.21. The minimum Gasteiger partial charge on any atom is -0.480 e. The van der Waals surface area contributed by atoms with Crippen LogP contribution in [0.4, 0.5) is 4.79 Å². The van der Waals surface area contributed by atoms with E-state index in [0.29, 0.717) is 30.4 Å². The number of alkyl carbamates (subject to hydrolysis) is 1. The van der Waals surface area contributed by atoms with Crippen molar-refractivity contribution in [1.82, 2.24) is 21.3 Å². The number of nitrogens with zero attached hydrogens (tertiary/aromatic N) is 1. The zero-order valence-electron chi connectivity index (χ0n) is 22.4. The van der Waals surface area contributed by atoms with Crippen molar-refractivity contribution in [3.05, 3.63) is 21.9 Å². The van der Waals surface area contributed by atoms with E-state index < -0.39 is 24.0 Å². The van der Waals surface area contributed by atoms with Crippen LogP contribution < -0.4 is 21.3 Å². The molecule has 7 rings (SSSR count). The molecule has 3 amide bonds. The highest BCUT2D eigenvalue weighted by Gasteiger charge is 2.51. The highest BCUT2D eigenvalue weighted by Crippen LogP contribution is 2.60. The molecule has 11 nitrogen and oxygen atoms in total. The summed E-state index contributed by atoms with van der Waals surface area (Å²) < 4.78 is 5.54. The van der Waals surface area contributed by atoms with Gasteiger partial charge in [-0.25, -0.2) is 9.59 Å². The number of aliphatic imine (C=N–C) groups is 1. The lowest BCUT2D eigenvalue weighted by Gasteiger charge is -2.56. The van der Waals surface area contributed by atoms with E-state index in [4.69, 9.17) is 4.74 Å². The minimum atomic E-state index is -1.31. The zero-order valence-corrected chi connectivity index (χ0v) is 23.3. The molecule has 1 aromatic heterocycles. The van der Waals surface area contributed by atoms with E-state index >= 15 is 0 Å². The van der Waals surface area contributed by atoms with Crippen molar-refractivity contribution in [3.8, 4) is 0 Å². The highest BCUT2D eigenvalue weighted by atomic mass is 32.1. The van der Waals surface area contributed by atoms with Gasteiger partial charge in [0, 0.05) is 41.8 Å². The second kappa shape index (κ2) is 11.0. The van der Waals surface area contributed by atoms with E-state index in [0.717, 1.165) is 54.9 Å². The number of thiophene rings is 1. The van der Waals surface area contributed by atoms with Crippen molar-refractivity contribution < 1.29 is 29.0 Å². The standard InChI is InChI=1S/C28H37N5O6S/c34-23(33-26-29-4-1-5-30-26)19-9-18(19)21-2-3-22(40-21)24(35)31-13-20(25(36)37)32-27(38)39-14-28-10-15-6-16(11-28)8-17(7-15)12-28/h2-3,15-20H,1,4-14H2,(H,31,35)(H,32,38)(H,36,37)(H2,29,30,33,34)/t15?,16?,17?,18-,19+,20-,28?/m0/s1. The summed E-state index contributed by atoms with van der Waals surface area (Å²) in [4.78, 5) is 55.2. The summed E-state index contributed by atoms with van der Waals surface area (Å²) in [7, 11) is 0. The molecule has 0 spiro atoms. The largest absolute Gasteiger partial charge is 0.480 e. The Balaban J connectivity index is 0.956. The molecule has 5 fully saturated rings. The van der Waals surface area contributed by atoms with Crippen LogP contribution in [0.25, 0.3) is 0 Å². The first-order valence-electron chi connectivity index (χ1n) is 14.4. The summed E-state index contributed by atoms with van der Waals surface area (Å²) in [6.07, 6.45) is 8.04. The average Bonchev–Trinajstić information content (AvgIpc) is 3.57. The number of carbonyl (C=O) groups is 4. The Morgan fingerprint density at radius 3 is 2.48 bits per heavy atom. The van der Waals surface area contributed by atoms with Gasteiger partial charge in [-0.2, -0.15) is 0 Å². The van der Waals surface area contributed by atoms with Gasteiger partial charge in [0.1, 0.15) is 6.04 Å². The third-order valence-electron chi connectivity index (χ3n) is 9.21. The highest BCUT2D eigenvalue weighted by molar-refractivity contribution is 7.14. The lowest BCUT2D eigenvalue weighted by atomic mass is 9.50. The summed E-state index contributed by atoms with van der Waals surface area (Å²) in [5, 5.41) is 20.6. The molecule has 5 saturated carbocycles. The third-order valence-corrected chi connectivity index (χ3v) is 10.4. The van der Waals surface area contributed by atoms with Crippen LogP contribution in [0.5, 0.6) is 0 Å². The Bertz CT molecular complexity index is 1180. The topological polar surface area (TPSA) is 158 Å². The zero-order chi connectivity index (χ0) is 27.9. The van der Waals surface area contributed by atoms with E-state index in [-0.39, 0.29) is 29.7 Å². The first-order valence-corrected chi connectivity index (χ1v) is 15.2. The maximum atomic E-state index is 12.7. The second-order valence-corrected chi connectivity index (χ2v) is 13.5. The van der Waals surface area contributed by atoms with E-state index in [9.17, 15) is 24.3 Å².